The summed E-state index contributed by atoms with van der Waals surface area (Å²) in [6.45, 7) is 6.76. The minimum Gasteiger partial charge on any atom is -0.381 e. The molecule has 18 heavy (non-hydrogen) atoms. The Morgan fingerprint density at radius 3 is 2.56 bits per heavy atom. The van der Waals surface area contributed by atoms with Gasteiger partial charge in [0.15, 0.2) is 0 Å². The van der Waals surface area contributed by atoms with Crippen LogP contribution in [0.4, 0.5) is 0 Å². The highest BCUT2D eigenvalue weighted by Gasteiger charge is 2.41. The van der Waals surface area contributed by atoms with Crippen molar-refractivity contribution in [2.45, 2.75) is 63.6 Å². The Balaban J connectivity index is 1.52. The van der Waals surface area contributed by atoms with Crippen molar-refractivity contribution in [3.63, 3.8) is 0 Å². The molecule has 3 nitrogen and oxygen atoms in total. The Kier molecular flexibility index (Phi) is 4.22. The van der Waals surface area contributed by atoms with Gasteiger partial charge in [-0.25, -0.2) is 0 Å². The summed E-state index contributed by atoms with van der Waals surface area (Å²) < 4.78 is 5.52. The van der Waals surface area contributed by atoms with Crippen LogP contribution in [0.15, 0.2) is 0 Å². The summed E-state index contributed by atoms with van der Waals surface area (Å²) in [6.07, 6.45) is 8.17. The Labute approximate surface area is 111 Å². The zero-order chi connectivity index (χ0) is 12.4. The van der Waals surface area contributed by atoms with Crippen molar-refractivity contribution in [2.24, 2.45) is 5.92 Å². The zero-order valence-corrected chi connectivity index (χ0v) is 11.7. The number of piperidine rings is 1. The molecule has 0 aliphatic carbocycles. The molecule has 3 aliphatic rings. The summed E-state index contributed by atoms with van der Waals surface area (Å²) in [5.41, 5.74) is 0. The molecule has 0 saturated carbocycles. The molecule has 0 aromatic carbocycles. The van der Waals surface area contributed by atoms with Crippen LogP contribution in [0.2, 0.25) is 0 Å². The monoisotopic (exact) mass is 252 g/mol. The Bertz CT molecular complexity index is 251. The summed E-state index contributed by atoms with van der Waals surface area (Å²) in [5.74, 6) is 0.813. The molecule has 104 valence electrons. The van der Waals surface area contributed by atoms with E-state index in [1.807, 2.05) is 0 Å². The largest absolute Gasteiger partial charge is 0.381 e. The molecule has 0 radical (unpaired) electrons. The fraction of sp³-hybridized carbons (Fsp3) is 1.00. The van der Waals surface area contributed by atoms with Crippen LogP contribution >= 0.6 is 0 Å². The zero-order valence-electron chi connectivity index (χ0n) is 11.7. The van der Waals surface area contributed by atoms with Gasteiger partial charge in [0.25, 0.3) is 0 Å². The van der Waals surface area contributed by atoms with E-state index in [-0.39, 0.29) is 0 Å². The average Bonchev–Trinajstić information content (AvgIpc) is 2.95. The van der Waals surface area contributed by atoms with Crippen molar-refractivity contribution in [3.05, 3.63) is 0 Å². The molecule has 1 N–H and O–H groups in total. The minimum atomic E-state index is 0.790. The molecule has 0 spiro atoms. The van der Waals surface area contributed by atoms with Crippen LogP contribution in [-0.4, -0.2) is 49.3 Å². The highest BCUT2D eigenvalue weighted by molar-refractivity contribution is 4.98. The van der Waals surface area contributed by atoms with Gasteiger partial charge >= 0.3 is 0 Å². The second kappa shape index (κ2) is 5.89. The molecule has 3 fully saturated rings. The summed E-state index contributed by atoms with van der Waals surface area (Å²) in [6, 6.07) is 2.51. The van der Waals surface area contributed by atoms with E-state index >= 15 is 0 Å². The van der Waals surface area contributed by atoms with Crippen LogP contribution in [0.5, 0.6) is 0 Å². The Morgan fingerprint density at radius 2 is 1.94 bits per heavy atom. The topological polar surface area (TPSA) is 24.5 Å². The van der Waals surface area contributed by atoms with Crippen LogP contribution in [0, 0.1) is 5.92 Å². The molecule has 0 aromatic heterocycles. The number of nitrogens with zero attached hydrogens (tertiary/aromatic N) is 1. The van der Waals surface area contributed by atoms with Crippen molar-refractivity contribution in [1.82, 2.24) is 10.2 Å². The lowest BCUT2D eigenvalue weighted by Crippen LogP contribution is -2.50. The summed E-state index contributed by atoms with van der Waals surface area (Å²) >= 11 is 0. The molecular weight excluding hydrogens is 224 g/mol. The highest BCUT2D eigenvalue weighted by atomic mass is 16.5. The van der Waals surface area contributed by atoms with E-state index in [1.165, 1.54) is 51.6 Å². The third-order valence-corrected chi connectivity index (χ3v) is 5.06. The standard InChI is InChI=1S/C15H28N2O/c1-2-6-16-13-8-14-3-4-15(9-13)17(14)10-12-5-7-18-11-12/h12-16H,2-11H2,1H3. The molecule has 0 amide bonds. The second-order valence-electron chi connectivity index (χ2n) is 6.43. The van der Waals surface area contributed by atoms with Crippen molar-refractivity contribution in [2.75, 3.05) is 26.3 Å². The number of rotatable bonds is 5. The third-order valence-electron chi connectivity index (χ3n) is 5.06. The summed E-state index contributed by atoms with van der Waals surface area (Å²) in [5, 5.41) is 3.73. The highest BCUT2D eigenvalue weighted by Crippen LogP contribution is 2.36. The third kappa shape index (κ3) is 2.73. The minimum absolute atomic E-state index is 0.790. The number of fused-ring (bicyclic) bond motifs is 2. The first kappa shape index (κ1) is 12.9. The normalized spacial score (nSPS) is 40.5. The van der Waals surface area contributed by atoms with Gasteiger partial charge in [-0.3, -0.25) is 4.90 Å². The van der Waals surface area contributed by atoms with Crippen LogP contribution in [0.25, 0.3) is 0 Å². The quantitative estimate of drug-likeness (QED) is 0.810. The first-order chi connectivity index (χ1) is 8.86. The van der Waals surface area contributed by atoms with E-state index in [2.05, 4.69) is 17.1 Å². The Hall–Kier alpha value is -0.120. The number of hydrogen-bond acceptors (Lipinski definition) is 3. The molecule has 3 saturated heterocycles. The maximum Gasteiger partial charge on any atom is 0.0507 e. The first-order valence-corrected chi connectivity index (χ1v) is 7.93. The van der Waals surface area contributed by atoms with E-state index in [9.17, 15) is 0 Å². The molecular formula is C15H28N2O. The van der Waals surface area contributed by atoms with E-state index in [1.54, 1.807) is 0 Å². The van der Waals surface area contributed by atoms with Crippen molar-refractivity contribution in [3.8, 4) is 0 Å². The molecule has 0 aromatic rings. The van der Waals surface area contributed by atoms with E-state index in [0.717, 1.165) is 37.3 Å². The predicted molar refractivity (Wildman–Crippen MR) is 73.8 cm³/mol. The fourth-order valence-electron chi connectivity index (χ4n) is 4.11. The molecule has 3 atom stereocenters. The number of hydrogen-bond donors (Lipinski definition) is 1. The molecule has 3 heteroatoms. The molecule has 3 rings (SSSR count). The lowest BCUT2D eigenvalue weighted by Gasteiger charge is -2.40. The van der Waals surface area contributed by atoms with Gasteiger partial charge in [-0.1, -0.05) is 6.92 Å². The van der Waals surface area contributed by atoms with Crippen molar-refractivity contribution in [1.29, 1.82) is 0 Å². The van der Waals surface area contributed by atoms with Crippen molar-refractivity contribution >= 4 is 0 Å². The maximum absolute atomic E-state index is 5.52. The van der Waals surface area contributed by atoms with Gasteiger partial charge in [0.2, 0.25) is 0 Å². The van der Waals surface area contributed by atoms with Gasteiger partial charge in [0, 0.05) is 31.3 Å². The van der Waals surface area contributed by atoms with Crippen LogP contribution in [-0.2, 0) is 4.74 Å². The predicted octanol–water partition coefficient (Wildman–Crippen LogP) is 2.02. The number of nitrogens with one attached hydrogen (secondary N) is 1. The first-order valence-electron chi connectivity index (χ1n) is 7.93. The van der Waals surface area contributed by atoms with Crippen LogP contribution in [0.3, 0.4) is 0 Å². The molecule has 3 heterocycles. The van der Waals surface area contributed by atoms with Crippen LogP contribution in [0.1, 0.15) is 45.4 Å². The lowest BCUT2D eigenvalue weighted by molar-refractivity contribution is 0.0914. The summed E-state index contributed by atoms with van der Waals surface area (Å²) in [7, 11) is 0. The summed E-state index contributed by atoms with van der Waals surface area (Å²) in [4.78, 5) is 2.82. The van der Waals surface area contributed by atoms with Gasteiger partial charge in [0.05, 0.1) is 6.61 Å². The lowest BCUT2D eigenvalue weighted by atomic mass is 9.95. The average molecular weight is 252 g/mol. The molecule has 3 unspecified atom stereocenters. The smallest absolute Gasteiger partial charge is 0.0507 e. The SMILES string of the molecule is CCCNC1CC2CCC(C1)N2CC1CCOC1. The van der Waals surface area contributed by atoms with Gasteiger partial charge in [0.1, 0.15) is 0 Å². The van der Waals surface area contributed by atoms with Crippen LogP contribution < -0.4 is 5.32 Å². The van der Waals surface area contributed by atoms with Crippen molar-refractivity contribution < 1.29 is 4.74 Å². The molecule has 3 aliphatic heterocycles. The second-order valence-corrected chi connectivity index (χ2v) is 6.43. The molecule has 2 bridgehead atoms. The fourth-order valence-corrected chi connectivity index (χ4v) is 4.11. The van der Waals surface area contributed by atoms with Gasteiger partial charge in [-0.2, -0.15) is 0 Å². The van der Waals surface area contributed by atoms with E-state index < -0.39 is 0 Å². The van der Waals surface area contributed by atoms with Gasteiger partial charge in [-0.05, 0) is 51.0 Å². The number of ether oxygens (including phenoxy) is 1. The van der Waals surface area contributed by atoms with E-state index in [0.29, 0.717) is 0 Å². The Morgan fingerprint density at radius 1 is 1.17 bits per heavy atom. The van der Waals surface area contributed by atoms with E-state index in [4.69, 9.17) is 4.74 Å². The maximum atomic E-state index is 5.52. The van der Waals surface area contributed by atoms with Gasteiger partial charge in [-0.15, -0.1) is 0 Å². The van der Waals surface area contributed by atoms with Gasteiger partial charge < -0.3 is 10.1 Å².